The average molecular weight is 572 g/mol. The number of benzene rings is 1. The SMILES string of the molecule is CCN1c2ccc(S(=O)(=O)C(F)(F)C(F)(F)C(F)(F)C(F)(F)C(F)(F)C(F)(F)F)cc2N(CC)C1C. The van der Waals surface area contributed by atoms with Crippen molar-refractivity contribution in [1.29, 1.82) is 0 Å². The van der Waals surface area contributed by atoms with Crippen LogP contribution in [0, 0.1) is 0 Å². The minimum absolute atomic E-state index is 0.0948. The molecule has 1 aliphatic heterocycles. The topological polar surface area (TPSA) is 40.6 Å². The summed E-state index contributed by atoms with van der Waals surface area (Å²) in [5.41, 5.74) is 0.0373. The first-order valence-corrected chi connectivity index (χ1v) is 11.3. The second-order valence-electron chi connectivity index (χ2n) is 7.67. The van der Waals surface area contributed by atoms with Gasteiger partial charge in [0.1, 0.15) is 0 Å². The van der Waals surface area contributed by atoms with Crippen molar-refractivity contribution in [3.63, 3.8) is 0 Å². The molecule has 0 aliphatic carbocycles. The summed E-state index contributed by atoms with van der Waals surface area (Å²) in [5, 5.41) is -7.27. The summed E-state index contributed by atoms with van der Waals surface area (Å²) in [5.74, 6) is -32.3. The third-order valence-electron chi connectivity index (χ3n) is 5.70. The summed E-state index contributed by atoms with van der Waals surface area (Å²) >= 11 is 0. The number of nitrogens with zero attached hydrogens (tertiary/aromatic N) is 2. The quantitative estimate of drug-likeness (QED) is 0.350. The smallest absolute Gasteiger partial charge is 0.350 e. The summed E-state index contributed by atoms with van der Waals surface area (Å²) < 4.78 is 199. The van der Waals surface area contributed by atoms with Crippen LogP contribution in [0.1, 0.15) is 20.8 Å². The predicted octanol–water partition coefficient (Wildman–Crippen LogP) is 6.17. The third kappa shape index (κ3) is 3.68. The van der Waals surface area contributed by atoms with Gasteiger partial charge in [0.2, 0.25) is 9.84 Å². The molecule has 0 bridgehead atoms. The Bertz CT molecular complexity index is 1100. The maximum Gasteiger partial charge on any atom is 0.460 e. The third-order valence-corrected chi connectivity index (χ3v) is 7.51. The van der Waals surface area contributed by atoms with Gasteiger partial charge in [-0.1, -0.05) is 0 Å². The Hall–Kier alpha value is -2.14. The summed E-state index contributed by atoms with van der Waals surface area (Å²) in [6.45, 7) is 5.11. The van der Waals surface area contributed by atoms with Crippen molar-refractivity contribution in [3.05, 3.63) is 18.2 Å². The largest absolute Gasteiger partial charge is 0.460 e. The van der Waals surface area contributed by atoms with E-state index >= 15 is 0 Å². The molecule has 0 aromatic heterocycles. The van der Waals surface area contributed by atoms with Crippen LogP contribution in [0.2, 0.25) is 0 Å². The zero-order valence-electron chi connectivity index (χ0n) is 18.3. The van der Waals surface area contributed by atoms with Crippen molar-refractivity contribution in [2.75, 3.05) is 22.9 Å². The van der Waals surface area contributed by atoms with Crippen molar-refractivity contribution >= 4 is 21.2 Å². The lowest BCUT2D eigenvalue weighted by atomic mass is 9.98. The highest BCUT2D eigenvalue weighted by atomic mass is 32.2. The van der Waals surface area contributed by atoms with Crippen LogP contribution in [0.25, 0.3) is 0 Å². The Morgan fingerprint density at radius 2 is 1.11 bits per heavy atom. The Labute approximate surface area is 195 Å². The lowest BCUT2D eigenvalue weighted by Gasteiger charge is -2.39. The van der Waals surface area contributed by atoms with Crippen molar-refractivity contribution in [3.8, 4) is 0 Å². The van der Waals surface area contributed by atoms with E-state index in [9.17, 15) is 65.5 Å². The monoisotopic (exact) mass is 572 g/mol. The Morgan fingerprint density at radius 1 is 0.694 bits per heavy atom. The Kier molecular flexibility index (Phi) is 7.05. The van der Waals surface area contributed by atoms with Crippen molar-refractivity contribution in [2.45, 2.75) is 67.0 Å². The van der Waals surface area contributed by atoms with E-state index in [0.29, 0.717) is 6.07 Å². The van der Waals surface area contributed by atoms with Crippen LogP contribution in [0.15, 0.2) is 23.1 Å². The van der Waals surface area contributed by atoms with Crippen molar-refractivity contribution in [1.82, 2.24) is 0 Å². The van der Waals surface area contributed by atoms with E-state index in [1.807, 2.05) is 0 Å². The van der Waals surface area contributed by atoms with Crippen LogP contribution in [-0.4, -0.2) is 62.8 Å². The van der Waals surface area contributed by atoms with Crippen molar-refractivity contribution in [2.24, 2.45) is 0 Å². The molecule has 1 heterocycles. The number of fused-ring (bicyclic) bond motifs is 1. The molecule has 1 aliphatic rings. The molecule has 4 nitrogen and oxygen atoms in total. The maximum atomic E-state index is 14.4. The van der Waals surface area contributed by atoms with Crippen LogP contribution < -0.4 is 9.80 Å². The van der Waals surface area contributed by atoms with Gasteiger partial charge >= 0.3 is 35.1 Å². The number of rotatable bonds is 8. The zero-order valence-corrected chi connectivity index (χ0v) is 19.1. The van der Waals surface area contributed by atoms with Gasteiger partial charge in [-0.15, -0.1) is 0 Å². The number of sulfone groups is 1. The molecule has 0 saturated heterocycles. The fraction of sp³-hybridized carbons (Fsp3) is 0.667. The van der Waals surface area contributed by atoms with Crippen LogP contribution in [0.5, 0.6) is 0 Å². The molecule has 0 amide bonds. The van der Waals surface area contributed by atoms with E-state index in [0.717, 1.165) is 6.07 Å². The van der Waals surface area contributed by atoms with E-state index in [1.165, 1.54) is 11.8 Å². The van der Waals surface area contributed by atoms with Gasteiger partial charge in [-0.05, 0) is 39.0 Å². The normalized spacial score (nSPS) is 18.6. The van der Waals surface area contributed by atoms with Gasteiger partial charge in [0.25, 0.3) is 0 Å². The highest BCUT2D eigenvalue weighted by molar-refractivity contribution is 7.92. The maximum absolute atomic E-state index is 14.4. The van der Waals surface area contributed by atoms with E-state index < -0.39 is 56.0 Å². The fourth-order valence-electron chi connectivity index (χ4n) is 3.66. The fourth-order valence-corrected chi connectivity index (χ4v) is 4.93. The zero-order chi connectivity index (χ0) is 28.5. The molecule has 0 spiro atoms. The summed E-state index contributed by atoms with van der Waals surface area (Å²) in [6.07, 6.45) is -8.11. The summed E-state index contributed by atoms with van der Waals surface area (Å²) in [7, 11) is -7.08. The molecule has 18 heteroatoms. The second-order valence-corrected chi connectivity index (χ2v) is 9.66. The molecular weight excluding hydrogens is 555 g/mol. The van der Waals surface area contributed by atoms with Crippen LogP contribution in [-0.2, 0) is 9.84 Å². The molecule has 208 valence electrons. The highest BCUT2D eigenvalue weighted by Crippen LogP contribution is 2.61. The molecule has 0 radical (unpaired) electrons. The molecule has 2 rings (SSSR count). The van der Waals surface area contributed by atoms with Gasteiger partial charge < -0.3 is 9.80 Å². The van der Waals surface area contributed by atoms with Crippen LogP contribution in [0.4, 0.5) is 68.5 Å². The average Bonchev–Trinajstić information content (AvgIpc) is 3.01. The molecule has 1 aromatic rings. The predicted molar refractivity (Wildman–Crippen MR) is 99.9 cm³/mol. The number of anilines is 2. The number of halogens is 13. The van der Waals surface area contributed by atoms with E-state index in [-0.39, 0.29) is 30.5 Å². The molecule has 1 unspecified atom stereocenters. The molecule has 1 atom stereocenters. The second kappa shape index (κ2) is 8.44. The van der Waals surface area contributed by atoms with Gasteiger partial charge in [-0.2, -0.15) is 57.1 Å². The molecule has 36 heavy (non-hydrogen) atoms. The van der Waals surface area contributed by atoms with E-state index in [1.54, 1.807) is 18.7 Å². The van der Waals surface area contributed by atoms with E-state index in [2.05, 4.69) is 0 Å². The van der Waals surface area contributed by atoms with Crippen molar-refractivity contribution < 1.29 is 65.5 Å². The summed E-state index contributed by atoms with van der Waals surface area (Å²) in [4.78, 5) is 1.17. The van der Waals surface area contributed by atoms with Gasteiger partial charge in [-0.3, -0.25) is 0 Å². The van der Waals surface area contributed by atoms with Gasteiger partial charge in [0.15, 0.2) is 0 Å². The van der Waals surface area contributed by atoms with Crippen LogP contribution in [0.3, 0.4) is 0 Å². The standard InChI is InChI=1S/C18H17F13N2O2S/c1-4-32-9(3)33(5-2)12-8-10(6-7-11(12)32)36(34,35)18(30,31)16(25,26)14(21,22)13(19,20)15(23,24)17(27,28)29/h6-9H,4-5H2,1-3H3. The highest BCUT2D eigenvalue weighted by Gasteiger charge is 2.92. The van der Waals surface area contributed by atoms with Crippen LogP contribution >= 0.6 is 0 Å². The number of hydrogen-bond acceptors (Lipinski definition) is 4. The molecule has 1 aromatic carbocycles. The Morgan fingerprint density at radius 3 is 1.53 bits per heavy atom. The first kappa shape index (κ1) is 30.1. The molecule has 0 fully saturated rings. The first-order valence-electron chi connectivity index (χ1n) is 9.77. The minimum Gasteiger partial charge on any atom is -0.350 e. The van der Waals surface area contributed by atoms with Gasteiger partial charge in [0, 0.05) is 13.1 Å². The first-order chi connectivity index (χ1) is 15.9. The van der Waals surface area contributed by atoms with Gasteiger partial charge in [-0.25, -0.2) is 8.42 Å². The number of alkyl halides is 13. The lowest BCUT2D eigenvalue weighted by molar-refractivity contribution is -0.433. The minimum atomic E-state index is -8.20. The molecule has 0 N–H and O–H groups in total. The Balaban J connectivity index is 2.68. The molecule has 0 saturated carbocycles. The summed E-state index contributed by atoms with van der Waals surface area (Å²) in [6, 6.07) is 1.44. The van der Waals surface area contributed by atoms with E-state index in [4.69, 9.17) is 0 Å². The lowest BCUT2D eigenvalue weighted by Crippen LogP contribution is -2.71. The number of hydrogen-bond donors (Lipinski definition) is 0. The van der Waals surface area contributed by atoms with Gasteiger partial charge in [0.05, 0.1) is 22.4 Å². The molecular formula is C18H17F13N2O2S.